The molecular weight excluding hydrogens is 364 g/mol. The van der Waals surface area contributed by atoms with Crippen LogP contribution in [0.4, 0.5) is 4.79 Å². The first-order valence-corrected chi connectivity index (χ1v) is 9.39. The fourth-order valence-corrected chi connectivity index (χ4v) is 2.96. The zero-order valence-corrected chi connectivity index (χ0v) is 15.4. The second-order valence-electron chi connectivity index (χ2n) is 5.74. The summed E-state index contributed by atoms with van der Waals surface area (Å²) in [6.45, 7) is 0.983. The van der Waals surface area contributed by atoms with Crippen molar-refractivity contribution in [2.75, 3.05) is 6.54 Å². The van der Waals surface area contributed by atoms with Gasteiger partial charge in [-0.05, 0) is 17.0 Å². The Bertz CT molecular complexity index is 862. The average Bonchev–Trinajstić information content (AvgIpc) is 3.37. The number of hydrogen-bond acceptors (Lipinski definition) is 5. The van der Waals surface area contributed by atoms with E-state index in [4.69, 9.17) is 4.42 Å². The lowest BCUT2D eigenvalue weighted by Gasteiger charge is -2.08. The number of carbonyl (C=O) groups is 2. The predicted molar refractivity (Wildman–Crippen MR) is 103 cm³/mol. The molecule has 0 unspecified atom stereocenters. The highest BCUT2D eigenvalue weighted by Gasteiger charge is 2.09. The smallest absolute Gasteiger partial charge is 0.315 e. The number of nitrogens with zero attached hydrogens (tertiary/aromatic N) is 1. The summed E-state index contributed by atoms with van der Waals surface area (Å²) >= 11 is 1.54. The molecule has 0 aliphatic heterocycles. The maximum Gasteiger partial charge on any atom is 0.315 e. The molecule has 8 heteroatoms. The summed E-state index contributed by atoms with van der Waals surface area (Å²) in [6, 6.07) is 13.2. The van der Waals surface area contributed by atoms with Crippen molar-refractivity contribution in [3.63, 3.8) is 0 Å². The molecule has 0 aliphatic rings. The highest BCUT2D eigenvalue weighted by atomic mass is 32.1. The standard InChI is InChI=1S/C19H20N4O3S/c24-17(8-9-20-19(25)22-11-14-5-2-1-3-6-14)21-12-15-13-26-18(23-15)16-7-4-10-27-16/h1-7,10,13H,8-9,11-12H2,(H,21,24)(H2,20,22,25). The molecule has 7 nitrogen and oxygen atoms in total. The van der Waals surface area contributed by atoms with Crippen LogP contribution in [0.3, 0.4) is 0 Å². The van der Waals surface area contributed by atoms with Gasteiger partial charge in [-0.2, -0.15) is 0 Å². The van der Waals surface area contributed by atoms with E-state index < -0.39 is 0 Å². The molecule has 3 aromatic rings. The monoisotopic (exact) mass is 384 g/mol. The molecule has 2 heterocycles. The molecule has 3 amide bonds. The summed E-state index contributed by atoms with van der Waals surface area (Å²) in [5.74, 6) is 0.380. The molecule has 0 bridgehead atoms. The molecular formula is C19H20N4O3S. The van der Waals surface area contributed by atoms with Crippen molar-refractivity contribution >= 4 is 23.3 Å². The van der Waals surface area contributed by atoms with Crippen LogP contribution in [-0.2, 0) is 17.9 Å². The fraction of sp³-hybridized carbons (Fsp3) is 0.211. The minimum absolute atomic E-state index is 0.168. The van der Waals surface area contributed by atoms with Crippen molar-refractivity contribution in [1.82, 2.24) is 20.9 Å². The van der Waals surface area contributed by atoms with Crippen LogP contribution < -0.4 is 16.0 Å². The lowest BCUT2D eigenvalue weighted by Crippen LogP contribution is -2.37. The zero-order chi connectivity index (χ0) is 18.9. The van der Waals surface area contributed by atoms with Gasteiger partial charge in [0.2, 0.25) is 11.8 Å². The van der Waals surface area contributed by atoms with Crippen LogP contribution in [0.2, 0.25) is 0 Å². The second-order valence-corrected chi connectivity index (χ2v) is 6.69. The van der Waals surface area contributed by atoms with E-state index in [2.05, 4.69) is 20.9 Å². The highest BCUT2D eigenvalue weighted by Crippen LogP contribution is 2.23. The van der Waals surface area contributed by atoms with Gasteiger partial charge in [-0.15, -0.1) is 11.3 Å². The Labute approximate surface area is 160 Å². The Balaban J connectivity index is 1.31. The maximum absolute atomic E-state index is 11.9. The van der Waals surface area contributed by atoms with Gasteiger partial charge >= 0.3 is 6.03 Å². The molecule has 0 radical (unpaired) electrons. The van der Waals surface area contributed by atoms with E-state index in [1.165, 1.54) is 6.26 Å². The molecule has 27 heavy (non-hydrogen) atoms. The van der Waals surface area contributed by atoms with Crippen LogP contribution >= 0.6 is 11.3 Å². The molecule has 0 saturated carbocycles. The highest BCUT2D eigenvalue weighted by molar-refractivity contribution is 7.13. The zero-order valence-electron chi connectivity index (χ0n) is 14.6. The summed E-state index contributed by atoms with van der Waals surface area (Å²) in [5.41, 5.74) is 1.67. The van der Waals surface area contributed by atoms with E-state index in [1.807, 2.05) is 47.8 Å². The molecule has 3 rings (SSSR count). The van der Waals surface area contributed by atoms with Crippen molar-refractivity contribution in [3.8, 4) is 10.8 Å². The molecule has 0 spiro atoms. The maximum atomic E-state index is 11.9. The van der Waals surface area contributed by atoms with Crippen molar-refractivity contribution in [2.45, 2.75) is 19.5 Å². The summed E-state index contributed by atoms with van der Waals surface area (Å²) in [5, 5.41) is 10.1. The lowest BCUT2D eigenvalue weighted by atomic mass is 10.2. The van der Waals surface area contributed by atoms with Gasteiger partial charge in [-0.1, -0.05) is 36.4 Å². The fourth-order valence-electron chi connectivity index (χ4n) is 2.31. The van der Waals surface area contributed by atoms with E-state index in [0.29, 0.717) is 18.1 Å². The van der Waals surface area contributed by atoms with Crippen LogP contribution in [0.15, 0.2) is 58.5 Å². The Kier molecular flexibility index (Phi) is 6.59. The number of amides is 3. The minimum Gasteiger partial charge on any atom is -0.443 e. The number of carbonyl (C=O) groups excluding carboxylic acids is 2. The van der Waals surface area contributed by atoms with Crippen LogP contribution in [0.5, 0.6) is 0 Å². The van der Waals surface area contributed by atoms with Gasteiger partial charge < -0.3 is 20.4 Å². The Hall–Kier alpha value is -3.13. The molecule has 1 aromatic carbocycles. The molecule has 0 atom stereocenters. The second kappa shape index (κ2) is 9.54. The molecule has 140 valence electrons. The summed E-state index contributed by atoms with van der Waals surface area (Å²) < 4.78 is 5.40. The van der Waals surface area contributed by atoms with E-state index >= 15 is 0 Å². The molecule has 0 fully saturated rings. The number of benzene rings is 1. The molecule has 3 N–H and O–H groups in total. The van der Waals surface area contributed by atoms with Crippen LogP contribution in [0, 0.1) is 0 Å². The number of thiophene rings is 1. The summed E-state index contributed by atoms with van der Waals surface area (Å²) in [6.07, 6.45) is 1.72. The Morgan fingerprint density at radius 2 is 1.85 bits per heavy atom. The first kappa shape index (κ1) is 18.7. The van der Waals surface area contributed by atoms with Gasteiger partial charge in [0, 0.05) is 19.5 Å². The molecule has 0 saturated heterocycles. The number of oxazole rings is 1. The van der Waals surface area contributed by atoms with Gasteiger partial charge in [0.15, 0.2) is 0 Å². The van der Waals surface area contributed by atoms with E-state index in [-0.39, 0.29) is 31.4 Å². The summed E-state index contributed by atoms with van der Waals surface area (Å²) in [7, 11) is 0. The Morgan fingerprint density at radius 1 is 1.00 bits per heavy atom. The van der Waals surface area contributed by atoms with Gasteiger partial charge in [-0.3, -0.25) is 4.79 Å². The topological polar surface area (TPSA) is 96.3 Å². The third kappa shape index (κ3) is 5.96. The first-order chi connectivity index (χ1) is 13.2. The van der Waals surface area contributed by atoms with Gasteiger partial charge in [0.05, 0.1) is 17.1 Å². The lowest BCUT2D eigenvalue weighted by molar-refractivity contribution is -0.121. The van der Waals surface area contributed by atoms with Crippen molar-refractivity contribution in [3.05, 3.63) is 65.4 Å². The number of rotatable bonds is 8. The van der Waals surface area contributed by atoms with Crippen molar-refractivity contribution in [2.24, 2.45) is 0 Å². The average molecular weight is 384 g/mol. The number of hydrogen-bond donors (Lipinski definition) is 3. The van der Waals surface area contributed by atoms with E-state index in [1.54, 1.807) is 11.3 Å². The third-order valence-corrected chi connectivity index (χ3v) is 4.54. The summed E-state index contributed by atoms with van der Waals surface area (Å²) in [4.78, 5) is 28.9. The molecule has 2 aromatic heterocycles. The molecule has 0 aliphatic carbocycles. The van der Waals surface area contributed by atoms with Crippen molar-refractivity contribution in [1.29, 1.82) is 0 Å². The minimum atomic E-state index is -0.302. The van der Waals surface area contributed by atoms with E-state index in [0.717, 1.165) is 10.4 Å². The van der Waals surface area contributed by atoms with Crippen molar-refractivity contribution < 1.29 is 14.0 Å². The van der Waals surface area contributed by atoms with Crippen LogP contribution in [0.25, 0.3) is 10.8 Å². The first-order valence-electron chi connectivity index (χ1n) is 8.51. The van der Waals surface area contributed by atoms with Gasteiger partial charge in [0.25, 0.3) is 0 Å². The third-order valence-electron chi connectivity index (χ3n) is 3.68. The number of urea groups is 1. The van der Waals surface area contributed by atoms with Gasteiger partial charge in [-0.25, -0.2) is 9.78 Å². The van der Waals surface area contributed by atoms with Gasteiger partial charge in [0.1, 0.15) is 6.26 Å². The van der Waals surface area contributed by atoms with E-state index in [9.17, 15) is 9.59 Å². The van der Waals surface area contributed by atoms with Crippen LogP contribution in [0.1, 0.15) is 17.7 Å². The van der Waals surface area contributed by atoms with Crippen LogP contribution in [-0.4, -0.2) is 23.5 Å². The number of nitrogens with one attached hydrogen (secondary N) is 3. The quantitative estimate of drug-likeness (QED) is 0.556. The number of aromatic nitrogens is 1. The Morgan fingerprint density at radius 3 is 2.63 bits per heavy atom. The SMILES string of the molecule is O=C(CCNC(=O)NCc1ccccc1)NCc1coc(-c2cccs2)n1. The normalized spacial score (nSPS) is 10.4. The predicted octanol–water partition coefficient (Wildman–Crippen LogP) is 2.91. The largest absolute Gasteiger partial charge is 0.443 e.